The summed E-state index contributed by atoms with van der Waals surface area (Å²) in [5, 5.41) is 12.6. The van der Waals surface area contributed by atoms with Gasteiger partial charge in [-0.3, -0.25) is 4.79 Å². The van der Waals surface area contributed by atoms with E-state index in [2.05, 4.69) is 12.2 Å². The highest BCUT2D eigenvalue weighted by molar-refractivity contribution is 5.82. The van der Waals surface area contributed by atoms with E-state index in [-0.39, 0.29) is 18.1 Å². The maximum Gasteiger partial charge on any atom is 0.240 e. The highest BCUT2D eigenvalue weighted by Gasteiger charge is 2.35. The minimum absolute atomic E-state index is 0.0136. The van der Waals surface area contributed by atoms with Crippen molar-refractivity contribution < 1.29 is 9.90 Å². The lowest BCUT2D eigenvalue weighted by Crippen LogP contribution is -2.45. The Labute approximate surface area is 84.3 Å². The third-order valence-electron chi connectivity index (χ3n) is 3.27. The van der Waals surface area contributed by atoms with Crippen LogP contribution < -0.4 is 5.32 Å². The van der Waals surface area contributed by atoms with Crippen molar-refractivity contribution >= 4 is 5.91 Å². The first-order chi connectivity index (χ1) is 6.68. The summed E-state index contributed by atoms with van der Waals surface area (Å²) < 4.78 is 0. The summed E-state index contributed by atoms with van der Waals surface area (Å²) in [6, 6.07) is -0.0136. The Bertz CT molecular complexity index is 232. The van der Waals surface area contributed by atoms with Gasteiger partial charge in [0.1, 0.15) is 0 Å². The van der Waals surface area contributed by atoms with Gasteiger partial charge in [0.2, 0.25) is 5.91 Å². The predicted molar refractivity (Wildman–Crippen MR) is 52.8 cm³/mol. The first kappa shape index (κ1) is 9.93. The van der Waals surface area contributed by atoms with E-state index >= 15 is 0 Å². The molecule has 0 saturated carbocycles. The fourth-order valence-corrected chi connectivity index (χ4v) is 2.30. The zero-order valence-corrected chi connectivity index (χ0v) is 8.57. The van der Waals surface area contributed by atoms with Crippen LogP contribution in [0.5, 0.6) is 0 Å². The summed E-state index contributed by atoms with van der Waals surface area (Å²) in [4.78, 5) is 13.7. The van der Waals surface area contributed by atoms with Gasteiger partial charge >= 0.3 is 0 Å². The number of nitrogens with zero attached hydrogens (tertiary/aromatic N) is 1. The van der Waals surface area contributed by atoms with Crippen LogP contribution in [0.4, 0.5) is 0 Å². The smallest absolute Gasteiger partial charge is 0.240 e. The standard InChI is InChI=1S/C10H18N2O2/c1-7-2-4-11-9(7)10(14)12-5-3-8(13)6-12/h7-9,11,13H,2-6H2,1H3. The third-order valence-corrected chi connectivity index (χ3v) is 3.27. The Hall–Kier alpha value is -0.610. The van der Waals surface area contributed by atoms with Gasteiger partial charge in [-0.05, 0) is 25.3 Å². The number of nitrogens with one attached hydrogen (secondary N) is 1. The minimum Gasteiger partial charge on any atom is -0.391 e. The highest BCUT2D eigenvalue weighted by atomic mass is 16.3. The van der Waals surface area contributed by atoms with Crippen molar-refractivity contribution in [2.75, 3.05) is 19.6 Å². The van der Waals surface area contributed by atoms with Crippen molar-refractivity contribution in [3.8, 4) is 0 Å². The molecule has 2 N–H and O–H groups in total. The number of amides is 1. The molecule has 2 rings (SSSR count). The zero-order valence-electron chi connectivity index (χ0n) is 8.57. The number of rotatable bonds is 1. The molecule has 0 spiro atoms. The van der Waals surface area contributed by atoms with Gasteiger partial charge in [0.05, 0.1) is 12.1 Å². The molecule has 2 aliphatic rings. The lowest BCUT2D eigenvalue weighted by atomic mass is 10.0. The number of carbonyl (C=O) groups excluding carboxylic acids is 1. The summed E-state index contributed by atoms with van der Waals surface area (Å²) in [6.07, 6.45) is 1.50. The summed E-state index contributed by atoms with van der Waals surface area (Å²) in [7, 11) is 0. The molecule has 3 unspecified atom stereocenters. The lowest BCUT2D eigenvalue weighted by Gasteiger charge is -2.22. The molecule has 0 aliphatic carbocycles. The van der Waals surface area contributed by atoms with Crippen LogP contribution in [0.25, 0.3) is 0 Å². The van der Waals surface area contributed by atoms with Crippen molar-refractivity contribution in [2.24, 2.45) is 5.92 Å². The second kappa shape index (κ2) is 3.87. The Balaban J connectivity index is 1.94. The first-order valence-electron chi connectivity index (χ1n) is 5.38. The number of hydrogen-bond acceptors (Lipinski definition) is 3. The van der Waals surface area contributed by atoms with Crippen LogP contribution >= 0.6 is 0 Å². The molecule has 0 aromatic carbocycles. The SMILES string of the molecule is CC1CCNC1C(=O)N1CCC(O)C1. The highest BCUT2D eigenvalue weighted by Crippen LogP contribution is 2.19. The molecule has 3 atom stereocenters. The molecule has 0 bridgehead atoms. The van der Waals surface area contributed by atoms with Crippen LogP contribution in [-0.2, 0) is 4.79 Å². The van der Waals surface area contributed by atoms with Gasteiger partial charge in [-0.1, -0.05) is 6.92 Å². The van der Waals surface area contributed by atoms with Gasteiger partial charge in [-0.2, -0.15) is 0 Å². The molecule has 2 heterocycles. The normalized spacial score (nSPS) is 37.9. The predicted octanol–water partition coefficient (Wildman–Crippen LogP) is -0.422. The van der Waals surface area contributed by atoms with Crippen LogP contribution in [0.1, 0.15) is 19.8 Å². The monoisotopic (exact) mass is 198 g/mol. The largest absolute Gasteiger partial charge is 0.391 e. The van der Waals surface area contributed by atoms with E-state index in [9.17, 15) is 9.90 Å². The number of likely N-dealkylation sites (tertiary alicyclic amines) is 1. The second-order valence-electron chi connectivity index (χ2n) is 4.42. The minimum atomic E-state index is -0.310. The topological polar surface area (TPSA) is 52.6 Å². The van der Waals surface area contributed by atoms with E-state index in [1.165, 1.54) is 0 Å². The summed E-state index contributed by atoms with van der Waals surface area (Å²) in [6.45, 7) is 4.28. The van der Waals surface area contributed by atoms with Gasteiger partial charge < -0.3 is 15.3 Å². The molecule has 0 radical (unpaired) electrons. The van der Waals surface area contributed by atoms with E-state index in [0.717, 1.165) is 19.4 Å². The summed E-state index contributed by atoms with van der Waals surface area (Å²) in [5.74, 6) is 0.604. The quantitative estimate of drug-likeness (QED) is 0.601. The third kappa shape index (κ3) is 1.77. The first-order valence-corrected chi connectivity index (χ1v) is 5.38. The molecule has 4 heteroatoms. The Morgan fingerprint density at radius 1 is 1.50 bits per heavy atom. The Morgan fingerprint density at radius 3 is 2.79 bits per heavy atom. The summed E-state index contributed by atoms with van der Waals surface area (Å²) >= 11 is 0. The molecular weight excluding hydrogens is 180 g/mol. The van der Waals surface area contributed by atoms with Gasteiger partial charge in [0, 0.05) is 13.1 Å². The van der Waals surface area contributed by atoms with E-state index in [1.807, 2.05) is 0 Å². The van der Waals surface area contributed by atoms with Crippen LogP contribution in [-0.4, -0.2) is 47.7 Å². The van der Waals surface area contributed by atoms with Crippen LogP contribution in [0.2, 0.25) is 0 Å². The molecule has 0 aromatic heterocycles. The number of aliphatic hydroxyl groups excluding tert-OH is 1. The van der Waals surface area contributed by atoms with E-state index in [1.54, 1.807) is 4.90 Å². The number of β-amino-alcohol motifs (C(OH)–C–C–N with tert-alkyl or cyclic N) is 1. The van der Waals surface area contributed by atoms with Crippen molar-refractivity contribution in [3.05, 3.63) is 0 Å². The van der Waals surface area contributed by atoms with Gasteiger partial charge in [-0.25, -0.2) is 0 Å². The maximum absolute atomic E-state index is 12.0. The molecule has 80 valence electrons. The van der Waals surface area contributed by atoms with Gasteiger partial charge in [0.15, 0.2) is 0 Å². The average Bonchev–Trinajstić information content (AvgIpc) is 2.73. The molecular formula is C10H18N2O2. The number of hydrogen-bond donors (Lipinski definition) is 2. The maximum atomic E-state index is 12.0. The fraction of sp³-hybridized carbons (Fsp3) is 0.900. The molecule has 2 fully saturated rings. The fourth-order valence-electron chi connectivity index (χ4n) is 2.30. The Morgan fingerprint density at radius 2 is 2.29 bits per heavy atom. The molecule has 4 nitrogen and oxygen atoms in total. The van der Waals surface area contributed by atoms with Crippen LogP contribution in [0, 0.1) is 5.92 Å². The number of aliphatic hydroxyl groups is 1. The molecule has 2 saturated heterocycles. The van der Waals surface area contributed by atoms with E-state index < -0.39 is 0 Å². The van der Waals surface area contributed by atoms with E-state index in [0.29, 0.717) is 19.0 Å². The van der Waals surface area contributed by atoms with Crippen molar-refractivity contribution in [2.45, 2.75) is 31.9 Å². The average molecular weight is 198 g/mol. The van der Waals surface area contributed by atoms with Gasteiger partial charge in [-0.15, -0.1) is 0 Å². The Kier molecular flexibility index (Phi) is 2.74. The molecule has 2 aliphatic heterocycles. The molecule has 0 aromatic rings. The van der Waals surface area contributed by atoms with Crippen molar-refractivity contribution in [1.29, 1.82) is 0 Å². The van der Waals surface area contributed by atoms with Gasteiger partial charge in [0.25, 0.3) is 0 Å². The molecule has 14 heavy (non-hydrogen) atoms. The molecule has 1 amide bonds. The summed E-state index contributed by atoms with van der Waals surface area (Å²) in [5.41, 5.74) is 0. The van der Waals surface area contributed by atoms with Crippen molar-refractivity contribution in [3.63, 3.8) is 0 Å². The number of carbonyl (C=O) groups is 1. The van der Waals surface area contributed by atoms with E-state index in [4.69, 9.17) is 0 Å². The second-order valence-corrected chi connectivity index (χ2v) is 4.42. The van der Waals surface area contributed by atoms with Crippen LogP contribution in [0.15, 0.2) is 0 Å². The zero-order chi connectivity index (χ0) is 10.1. The van der Waals surface area contributed by atoms with Crippen molar-refractivity contribution in [1.82, 2.24) is 10.2 Å². The lowest BCUT2D eigenvalue weighted by molar-refractivity contribution is -0.133. The van der Waals surface area contributed by atoms with Crippen LogP contribution in [0.3, 0.4) is 0 Å².